The van der Waals surface area contributed by atoms with Gasteiger partial charge in [0.05, 0.1) is 0 Å². The van der Waals surface area contributed by atoms with E-state index in [0.717, 1.165) is 40.7 Å². The van der Waals surface area contributed by atoms with Crippen LogP contribution in [0.1, 0.15) is 25.7 Å². The van der Waals surface area contributed by atoms with E-state index in [1.807, 2.05) is 0 Å². The molecule has 4 heteroatoms. The second-order valence-corrected chi connectivity index (χ2v) is 17.8. The van der Waals surface area contributed by atoms with Crippen molar-refractivity contribution in [3.8, 4) is 0 Å². The van der Waals surface area contributed by atoms with Gasteiger partial charge in [0.2, 0.25) is 0 Å². The zero-order valence-electron chi connectivity index (χ0n) is 16.5. The fourth-order valence-electron chi connectivity index (χ4n) is 6.86. The number of hydrogen-bond acceptors (Lipinski definition) is 0. The molecule has 5 rings (SSSR count). The maximum absolute atomic E-state index is 4.93. The van der Waals surface area contributed by atoms with Crippen LogP contribution in [-0.2, 0) is 20.8 Å². The number of halogens is 2. The Kier molecular flexibility index (Phi) is 7.97. The summed E-state index contributed by atoms with van der Waals surface area (Å²) in [4.78, 5) is 0. The third-order valence-electron chi connectivity index (χ3n) is 8.06. The van der Waals surface area contributed by atoms with Crippen LogP contribution in [0, 0.1) is 43.4 Å². The molecular weight excluding hydrogens is 466 g/mol. The molecule has 0 N–H and O–H groups in total. The molecule has 0 nitrogen and oxygen atoms in total. The molecule has 1 heterocycles. The molecule has 0 aromatic carbocycles. The molecule has 0 radical (unpaired) electrons. The van der Waals surface area contributed by atoms with Gasteiger partial charge in [-0.3, -0.25) is 0 Å². The van der Waals surface area contributed by atoms with E-state index >= 15 is 0 Å². The van der Waals surface area contributed by atoms with Crippen molar-refractivity contribution in [1.82, 2.24) is 0 Å². The van der Waals surface area contributed by atoms with Crippen LogP contribution in [0.3, 0.4) is 0 Å². The fraction of sp³-hybridized carbons (Fsp3) is 0.565. The van der Waals surface area contributed by atoms with Crippen molar-refractivity contribution >= 4 is 25.1 Å². The van der Waals surface area contributed by atoms with Crippen LogP contribution >= 0.6 is 17.0 Å². The topological polar surface area (TPSA) is 0 Å². The second kappa shape index (κ2) is 9.63. The summed E-state index contributed by atoms with van der Waals surface area (Å²) in [6, 6.07) is 1.59. The van der Waals surface area contributed by atoms with Crippen LogP contribution in [0.25, 0.3) is 0 Å². The first-order valence-electron chi connectivity index (χ1n) is 10.2. The Morgan fingerprint density at radius 3 is 2.37 bits per heavy atom. The standard InChI is InChI=1S/C22H29Si.CH3.2ClH.Zr/c1-23(19-13-16-7-2-3-8-17(16)14-19)12-6-11-21-20-10-5-4-9-18(20)15-22(21)23;;;;/h2-5,7-10,13,16-22H,6,11-12,14-15H2,1H3;1H3;2*1H;/q2*-1;;;+4/p-2/t16?,17?,18?,19?,20?,21-,22?,23?;;;;/m1..../s1. The van der Waals surface area contributed by atoms with Crippen LogP contribution in [0.5, 0.6) is 0 Å². The van der Waals surface area contributed by atoms with Crippen LogP contribution in [0.4, 0.5) is 0 Å². The zero-order chi connectivity index (χ0) is 18.1. The van der Waals surface area contributed by atoms with Gasteiger partial charge in [-0.1, -0.05) is 74.4 Å². The van der Waals surface area contributed by atoms with Gasteiger partial charge in [-0.05, 0) is 35.6 Å². The molecule has 1 saturated heterocycles. The molecule has 2 saturated carbocycles. The monoisotopic (exact) mass is 496 g/mol. The third kappa shape index (κ3) is 4.26. The van der Waals surface area contributed by atoms with Gasteiger partial charge in [0, 0.05) is 8.07 Å². The van der Waals surface area contributed by atoms with Gasteiger partial charge in [0.25, 0.3) is 0 Å². The van der Waals surface area contributed by atoms with Crippen molar-refractivity contribution in [2.75, 3.05) is 0 Å². The van der Waals surface area contributed by atoms with Gasteiger partial charge in [-0.15, -0.1) is 12.0 Å². The number of rotatable bonds is 1. The first-order valence-corrected chi connectivity index (χ1v) is 19.4. The normalized spacial score (nSPS) is 45.7. The van der Waals surface area contributed by atoms with Crippen molar-refractivity contribution in [1.29, 1.82) is 0 Å². The molecule has 0 bridgehead atoms. The minimum absolute atomic E-state index is 0. The molecule has 3 fully saturated rings. The average Bonchev–Trinajstić information content (AvgIpc) is 3.25. The van der Waals surface area contributed by atoms with Crippen molar-refractivity contribution in [3.05, 3.63) is 62.5 Å². The van der Waals surface area contributed by atoms with E-state index < -0.39 is 28.9 Å². The summed E-state index contributed by atoms with van der Waals surface area (Å²) in [7, 11) is 8.67. The molecule has 7 unspecified atom stereocenters. The molecule has 0 spiro atoms. The molecule has 4 aliphatic carbocycles. The predicted molar refractivity (Wildman–Crippen MR) is 119 cm³/mol. The van der Waals surface area contributed by atoms with Crippen molar-refractivity contribution < 1.29 is 20.8 Å². The first-order chi connectivity index (χ1) is 12.7. The molecule has 0 amide bonds. The Hall–Kier alpha value is 0.640. The van der Waals surface area contributed by atoms with E-state index in [1.165, 1.54) is 25.7 Å². The summed E-state index contributed by atoms with van der Waals surface area (Å²) in [5.74, 6) is 4.31. The van der Waals surface area contributed by atoms with E-state index in [2.05, 4.69) is 61.6 Å². The van der Waals surface area contributed by atoms with Crippen molar-refractivity contribution in [2.45, 2.75) is 49.4 Å². The third-order valence-corrected chi connectivity index (χ3v) is 14.0. The summed E-state index contributed by atoms with van der Waals surface area (Å²) in [5.41, 5.74) is 2.04. The van der Waals surface area contributed by atoms with Crippen molar-refractivity contribution in [3.63, 3.8) is 0 Å². The molecule has 5 aliphatic rings. The summed E-state index contributed by atoms with van der Waals surface area (Å²) < 4.78 is 0. The molecule has 0 aromatic rings. The Morgan fingerprint density at radius 2 is 1.63 bits per heavy atom. The number of fused-ring (bicyclic) bond motifs is 4. The predicted octanol–water partition coefficient (Wildman–Crippen LogP) is 7.77. The fourth-order valence-corrected chi connectivity index (χ4v) is 12.8. The van der Waals surface area contributed by atoms with Crippen LogP contribution in [0.2, 0.25) is 23.7 Å². The number of allylic oxidation sites excluding steroid dienone is 8. The molecule has 146 valence electrons. The Morgan fingerprint density at radius 1 is 0.963 bits per heavy atom. The van der Waals surface area contributed by atoms with Crippen LogP contribution < -0.4 is 0 Å². The van der Waals surface area contributed by atoms with Gasteiger partial charge in [0.1, 0.15) is 0 Å². The first kappa shape index (κ1) is 22.3. The quantitative estimate of drug-likeness (QED) is 0.256. The summed E-state index contributed by atoms with van der Waals surface area (Å²) in [6.07, 6.45) is 28.0. The van der Waals surface area contributed by atoms with E-state index in [1.54, 1.807) is 6.04 Å². The molecule has 8 atom stereocenters. The second-order valence-electron chi connectivity index (χ2n) is 9.03. The molecule has 0 aromatic heterocycles. The summed E-state index contributed by atoms with van der Waals surface area (Å²) in [5, 5.41) is 0. The van der Waals surface area contributed by atoms with Gasteiger partial charge < -0.3 is 13.8 Å². The number of hydrogen-bond donors (Lipinski definition) is 0. The van der Waals surface area contributed by atoms with Crippen LogP contribution in [0.15, 0.2) is 48.6 Å². The maximum atomic E-state index is 4.93. The minimum atomic E-state index is -1.20. The molecule has 1 aliphatic heterocycles. The van der Waals surface area contributed by atoms with E-state index in [9.17, 15) is 0 Å². The molecule has 27 heavy (non-hydrogen) atoms. The van der Waals surface area contributed by atoms with Crippen LogP contribution in [-0.4, -0.2) is 8.07 Å². The van der Waals surface area contributed by atoms with Crippen molar-refractivity contribution in [2.24, 2.45) is 29.6 Å². The van der Waals surface area contributed by atoms with Gasteiger partial charge in [-0.25, -0.2) is 0 Å². The van der Waals surface area contributed by atoms with Gasteiger partial charge in [-0.2, -0.15) is 5.54 Å². The zero-order valence-corrected chi connectivity index (χ0v) is 21.5. The Bertz CT molecular complexity index is 608. The Balaban J connectivity index is 0.000000495. The molecular formula is C23H32Cl2SiZr. The van der Waals surface area contributed by atoms with E-state index in [0.29, 0.717) is 0 Å². The summed E-state index contributed by atoms with van der Waals surface area (Å²) in [6.45, 7) is 2.79. The Labute approximate surface area is 186 Å². The van der Waals surface area contributed by atoms with E-state index in [-0.39, 0.29) is 7.43 Å². The van der Waals surface area contributed by atoms with E-state index in [4.69, 9.17) is 17.0 Å². The average molecular weight is 499 g/mol. The summed E-state index contributed by atoms with van der Waals surface area (Å²) >= 11 is -0.826. The van der Waals surface area contributed by atoms with Gasteiger partial charge >= 0.3 is 37.9 Å². The van der Waals surface area contributed by atoms with Gasteiger partial charge in [0.15, 0.2) is 0 Å². The SMILES string of the molecule is C[Si]1(C2[CH-]C3C=CC=CC3C2)CCC[C@@H]2C3C=CC=CC3CC21.[CH3-].[Cl][Zr+2][Cl].